The van der Waals surface area contributed by atoms with Crippen molar-refractivity contribution in [3.63, 3.8) is 0 Å². The molecule has 0 spiro atoms. The van der Waals surface area contributed by atoms with Gasteiger partial charge in [-0.25, -0.2) is 0 Å². The predicted octanol–water partition coefficient (Wildman–Crippen LogP) is 3.34. The molecule has 2 N–H and O–H groups in total. The van der Waals surface area contributed by atoms with E-state index in [1.165, 1.54) is 0 Å². The molecule has 2 atom stereocenters. The normalized spacial score (nSPS) is 19.6. The van der Waals surface area contributed by atoms with Crippen molar-refractivity contribution in [1.82, 2.24) is 0 Å². The van der Waals surface area contributed by atoms with E-state index in [0.29, 0.717) is 11.1 Å². The summed E-state index contributed by atoms with van der Waals surface area (Å²) in [6.07, 6.45) is 0. The third-order valence-corrected chi connectivity index (χ3v) is 4.50. The maximum absolute atomic E-state index is 11.8. The summed E-state index contributed by atoms with van der Waals surface area (Å²) in [5, 5.41) is 22.6. The highest BCUT2D eigenvalue weighted by Crippen LogP contribution is 2.51. The quantitative estimate of drug-likeness (QED) is 0.710. The van der Waals surface area contributed by atoms with Gasteiger partial charge in [-0.2, -0.15) is 0 Å². The molecule has 2 aliphatic rings. The Labute approximate surface area is 125 Å². The molecule has 0 amide bonds. The fraction of sp³-hybridized carbons (Fsp3) is 0.111. The summed E-state index contributed by atoms with van der Waals surface area (Å²) in [6.45, 7) is 0. The Hall–Kier alpha value is -2.88. The SMILES string of the molecule is O=C(O)C1c2c3ccccc3c(c3ccccc23)C1C(=O)O. The first-order valence-corrected chi connectivity index (χ1v) is 7.00. The minimum atomic E-state index is -1.09. The van der Waals surface area contributed by atoms with Gasteiger partial charge in [0.1, 0.15) is 11.8 Å². The fourth-order valence-electron chi connectivity index (χ4n) is 3.73. The van der Waals surface area contributed by atoms with Crippen LogP contribution in [-0.2, 0) is 9.59 Å². The second kappa shape index (κ2) is 4.31. The molecule has 4 heteroatoms. The lowest BCUT2D eigenvalue weighted by Crippen LogP contribution is -2.30. The third kappa shape index (κ3) is 1.46. The van der Waals surface area contributed by atoms with Crippen molar-refractivity contribution in [2.75, 3.05) is 0 Å². The Bertz CT molecular complexity index is 823. The summed E-state index contributed by atoms with van der Waals surface area (Å²) in [4.78, 5) is 23.6. The molecule has 3 aromatic carbocycles. The van der Waals surface area contributed by atoms with Crippen molar-refractivity contribution in [3.05, 3.63) is 59.7 Å². The second-order valence-electron chi connectivity index (χ2n) is 5.55. The molecule has 0 heterocycles. The highest BCUT2D eigenvalue weighted by Gasteiger charge is 2.44. The molecule has 0 saturated heterocycles. The third-order valence-electron chi connectivity index (χ3n) is 4.50. The minimum Gasteiger partial charge on any atom is -0.481 e. The standard InChI is InChI=1S/C18H12O4/c19-17(20)15-13-9-5-1-2-6-10(9)14(16(15)18(21)22)12-8-4-3-7-11(12)13/h1-8,15-16H,(H,19,20)(H,21,22). The summed E-state index contributed by atoms with van der Waals surface area (Å²) >= 11 is 0. The first-order chi connectivity index (χ1) is 10.6. The van der Waals surface area contributed by atoms with Crippen LogP contribution in [0.4, 0.5) is 0 Å². The van der Waals surface area contributed by atoms with Crippen molar-refractivity contribution in [1.29, 1.82) is 0 Å². The summed E-state index contributed by atoms with van der Waals surface area (Å²) in [5.74, 6) is -4.28. The molecule has 0 aliphatic heterocycles. The monoisotopic (exact) mass is 292 g/mol. The number of aliphatic carboxylic acids is 2. The van der Waals surface area contributed by atoms with E-state index in [0.717, 1.165) is 21.5 Å². The van der Waals surface area contributed by atoms with Crippen LogP contribution in [0.2, 0.25) is 0 Å². The van der Waals surface area contributed by atoms with Gasteiger partial charge in [-0.1, -0.05) is 48.5 Å². The molecule has 0 saturated carbocycles. The van der Waals surface area contributed by atoms with Gasteiger partial charge in [-0.05, 0) is 32.7 Å². The van der Waals surface area contributed by atoms with E-state index in [2.05, 4.69) is 0 Å². The Balaban J connectivity index is 2.29. The number of rotatable bonds is 2. The Morgan fingerprint density at radius 2 is 0.909 bits per heavy atom. The highest BCUT2D eigenvalue weighted by molar-refractivity contribution is 6.15. The maximum Gasteiger partial charge on any atom is 0.312 e. The van der Waals surface area contributed by atoms with Crippen molar-refractivity contribution >= 4 is 33.5 Å². The van der Waals surface area contributed by atoms with E-state index in [1.54, 1.807) is 0 Å². The van der Waals surface area contributed by atoms with E-state index in [-0.39, 0.29) is 0 Å². The smallest absolute Gasteiger partial charge is 0.312 e. The fourth-order valence-corrected chi connectivity index (χ4v) is 3.73. The molecule has 22 heavy (non-hydrogen) atoms. The number of carbonyl (C=O) groups is 2. The number of hydrogen-bond donors (Lipinski definition) is 2. The van der Waals surface area contributed by atoms with Crippen molar-refractivity contribution < 1.29 is 19.8 Å². The first kappa shape index (κ1) is 12.8. The van der Waals surface area contributed by atoms with Crippen LogP contribution in [0.5, 0.6) is 0 Å². The van der Waals surface area contributed by atoms with Crippen molar-refractivity contribution in [2.45, 2.75) is 11.8 Å². The molecule has 0 radical (unpaired) electrons. The molecule has 2 aliphatic carbocycles. The minimum absolute atomic E-state index is 0.612. The number of hydrogen-bond acceptors (Lipinski definition) is 2. The number of benzene rings is 3. The van der Waals surface area contributed by atoms with Gasteiger partial charge in [0.05, 0.1) is 0 Å². The largest absolute Gasteiger partial charge is 0.481 e. The zero-order chi connectivity index (χ0) is 15.4. The summed E-state index contributed by atoms with van der Waals surface area (Å²) in [5.41, 5.74) is 1.22. The molecule has 0 aromatic heterocycles. The van der Waals surface area contributed by atoms with E-state index in [9.17, 15) is 19.8 Å². The van der Waals surface area contributed by atoms with Gasteiger partial charge in [0.2, 0.25) is 0 Å². The van der Waals surface area contributed by atoms with Crippen LogP contribution in [0, 0.1) is 0 Å². The van der Waals surface area contributed by atoms with Crippen LogP contribution in [0.1, 0.15) is 23.0 Å². The first-order valence-electron chi connectivity index (χ1n) is 7.00. The topological polar surface area (TPSA) is 74.6 Å². The molecule has 0 fully saturated rings. The van der Waals surface area contributed by atoms with E-state index in [4.69, 9.17) is 0 Å². The summed E-state index contributed by atoms with van der Waals surface area (Å²) < 4.78 is 0. The summed E-state index contributed by atoms with van der Waals surface area (Å²) in [6, 6.07) is 14.9. The van der Waals surface area contributed by atoms with Crippen LogP contribution >= 0.6 is 0 Å². The highest BCUT2D eigenvalue weighted by atomic mass is 16.4. The number of carboxylic acids is 2. The van der Waals surface area contributed by atoms with Crippen molar-refractivity contribution in [2.24, 2.45) is 0 Å². The van der Waals surface area contributed by atoms with Gasteiger partial charge in [0.15, 0.2) is 0 Å². The van der Waals surface area contributed by atoms with Gasteiger partial charge in [0, 0.05) is 0 Å². The lowest BCUT2D eigenvalue weighted by molar-refractivity contribution is -0.147. The Kier molecular flexibility index (Phi) is 2.51. The summed E-state index contributed by atoms with van der Waals surface area (Å²) in [7, 11) is 0. The number of carboxylic acid groups (broad SMARTS) is 2. The molecule has 108 valence electrons. The van der Waals surface area contributed by atoms with Gasteiger partial charge >= 0.3 is 11.9 Å². The average molecular weight is 292 g/mol. The molecule has 2 bridgehead atoms. The van der Waals surface area contributed by atoms with Crippen LogP contribution in [-0.4, -0.2) is 22.2 Å². The molecule has 5 rings (SSSR count). The molecular weight excluding hydrogens is 280 g/mol. The number of fused-ring (bicyclic) bond motifs is 1. The zero-order valence-electron chi connectivity index (χ0n) is 11.5. The van der Waals surface area contributed by atoms with Crippen LogP contribution in [0.3, 0.4) is 0 Å². The van der Waals surface area contributed by atoms with Crippen LogP contribution in [0.25, 0.3) is 21.5 Å². The maximum atomic E-state index is 11.8. The Morgan fingerprint density at radius 3 is 1.14 bits per heavy atom. The Morgan fingerprint density at radius 1 is 0.636 bits per heavy atom. The van der Waals surface area contributed by atoms with Gasteiger partial charge in [-0.3, -0.25) is 9.59 Å². The van der Waals surface area contributed by atoms with Gasteiger partial charge in [-0.15, -0.1) is 0 Å². The predicted molar refractivity (Wildman–Crippen MR) is 82.2 cm³/mol. The van der Waals surface area contributed by atoms with Crippen molar-refractivity contribution in [3.8, 4) is 0 Å². The average Bonchev–Trinajstić information content (AvgIpc) is 2.53. The van der Waals surface area contributed by atoms with Crippen LogP contribution < -0.4 is 0 Å². The van der Waals surface area contributed by atoms with E-state index < -0.39 is 23.8 Å². The zero-order valence-corrected chi connectivity index (χ0v) is 11.5. The molecule has 3 aromatic rings. The lowest BCUT2D eigenvalue weighted by Gasteiger charge is -2.32. The van der Waals surface area contributed by atoms with E-state index in [1.807, 2.05) is 48.5 Å². The second-order valence-corrected chi connectivity index (χ2v) is 5.55. The van der Waals surface area contributed by atoms with Gasteiger partial charge in [0.25, 0.3) is 0 Å². The molecule has 2 unspecified atom stereocenters. The molecular formula is C18H12O4. The molecule has 4 nitrogen and oxygen atoms in total. The van der Waals surface area contributed by atoms with Gasteiger partial charge < -0.3 is 10.2 Å². The van der Waals surface area contributed by atoms with E-state index >= 15 is 0 Å². The van der Waals surface area contributed by atoms with Crippen LogP contribution in [0.15, 0.2) is 48.5 Å². The lowest BCUT2D eigenvalue weighted by atomic mass is 9.68.